The lowest BCUT2D eigenvalue weighted by Crippen LogP contribution is -2.21. The molecule has 4 nitrogen and oxygen atoms in total. The van der Waals surface area contributed by atoms with Crippen molar-refractivity contribution >= 4 is 0 Å². The van der Waals surface area contributed by atoms with Crippen LogP contribution in [0.15, 0.2) is 18.2 Å². The zero-order chi connectivity index (χ0) is 13.9. The average Bonchev–Trinajstić information content (AvgIpc) is 2.42. The molecule has 0 atom stereocenters. The van der Waals surface area contributed by atoms with Crippen molar-refractivity contribution in [3.05, 3.63) is 23.8 Å². The van der Waals surface area contributed by atoms with Crippen LogP contribution in [0.1, 0.15) is 19.4 Å². The smallest absolute Gasteiger partial charge is 0.161 e. The molecule has 0 aliphatic rings. The van der Waals surface area contributed by atoms with E-state index in [0.29, 0.717) is 13.2 Å². The summed E-state index contributed by atoms with van der Waals surface area (Å²) in [5, 5.41) is 3.33. The van der Waals surface area contributed by atoms with E-state index in [4.69, 9.17) is 14.2 Å². The van der Waals surface area contributed by atoms with Gasteiger partial charge in [0.15, 0.2) is 11.5 Å². The standard InChI is InChI=1S/C15H25NO3/c1-4-18-14-7-6-13(12-15(14)19-5-2)8-9-16-10-11-17-3/h6-7,12,16H,4-5,8-11H2,1-3H3. The van der Waals surface area contributed by atoms with Crippen LogP contribution in [0.2, 0.25) is 0 Å². The molecular formula is C15H25NO3. The van der Waals surface area contributed by atoms with Crippen molar-refractivity contribution in [2.24, 2.45) is 0 Å². The van der Waals surface area contributed by atoms with Gasteiger partial charge in [0, 0.05) is 13.7 Å². The van der Waals surface area contributed by atoms with Crippen molar-refractivity contribution in [3.8, 4) is 11.5 Å². The monoisotopic (exact) mass is 267 g/mol. The van der Waals surface area contributed by atoms with Gasteiger partial charge in [-0.15, -0.1) is 0 Å². The van der Waals surface area contributed by atoms with E-state index in [9.17, 15) is 0 Å². The van der Waals surface area contributed by atoms with Gasteiger partial charge < -0.3 is 19.5 Å². The van der Waals surface area contributed by atoms with E-state index >= 15 is 0 Å². The molecule has 108 valence electrons. The number of rotatable bonds is 10. The van der Waals surface area contributed by atoms with Crippen LogP contribution in [0.4, 0.5) is 0 Å². The summed E-state index contributed by atoms with van der Waals surface area (Å²) in [7, 11) is 1.71. The molecule has 0 fully saturated rings. The molecule has 0 aromatic heterocycles. The number of hydrogen-bond donors (Lipinski definition) is 1. The van der Waals surface area contributed by atoms with Crippen LogP contribution >= 0.6 is 0 Å². The lowest BCUT2D eigenvalue weighted by molar-refractivity contribution is 0.199. The lowest BCUT2D eigenvalue weighted by atomic mass is 10.1. The van der Waals surface area contributed by atoms with Crippen LogP contribution < -0.4 is 14.8 Å². The van der Waals surface area contributed by atoms with Gasteiger partial charge in [0.05, 0.1) is 19.8 Å². The van der Waals surface area contributed by atoms with Gasteiger partial charge in [-0.25, -0.2) is 0 Å². The summed E-state index contributed by atoms with van der Waals surface area (Å²) in [6.07, 6.45) is 0.968. The number of benzene rings is 1. The zero-order valence-corrected chi connectivity index (χ0v) is 12.2. The molecule has 0 bridgehead atoms. The predicted molar refractivity (Wildman–Crippen MR) is 77.2 cm³/mol. The topological polar surface area (TPSA) is 39.7 Å². The summed E-state index contributed by atoms with van der Waals surface area (Å²) >= 11 is 0. The third-order valence-electron chi connectivity index (χ3n) is 2.68. The van der Waals surface area contributed by atoms with Gasteiger partial charge in [0.25, 0.3) is 0 Å². The van der Waals surface area contributed by atoms with E-state index in [1.165, 1.54) is 5.56 Å². The molecule has 4 heteroatoms. The molecule has 0 saturated carbocycles. The van der Waals surface area contributed by atoms with Crippen molar-refractivity contribution in [3.63, 3.8) is 0 Å². The minimum atomic E-state index is 0.648. The van der Waals surface area contributed by atoms with E-state index in [2.05, 4.69) is 17.4 Å². The predicted octanol–water partition coefficient (Wildman–Crippen LogP) is 2.26. The highest BCUT2D eigenvalue weighted by molar-refractivity contribution is 5.43. The molecule has 1 aromatic rings. The van der Waals surface area contributed by atoms with Gasteiger partial charge in [-0.1, -0.05) is 6.07 Å². The number of nitrogens with one attached hydrogen (secondary N) is 1. The van der Waals surface area contributed by atoms with E-state index in [1.54, 1.807) is 7.11 Å². The molecule has 0 aliphatic carbocycles. The molecule has 0 radical (unpaired) electrons. The Kier molecular flexibility index (Phi) is 8.02. The first kappa shape index (κ1) is 15.8. The molecule has 1 aromatic carbocycles. The van der Waals surface area contributed by atoms with Gasteiger partial charge in [-0.05, 0) is 44.5 Å². The highest BCUT2D eigenvalue weighted by Gasteiger charge is 2.05. The van der Waals surface area contributed by atoms with Crippen LogP contribution in [0.3, 0.4) is 0 Å². The first-order valence-electron chi connectivity index (χ1n) is 6.90. The Morgan fingerprint density at radius 1 is 1.00 bits per heavy atom. The van der Waals surface area contributed by atoms with Gasteiger partial charge >= 0.3 is 0 Å². The Balaban J connectivity index is 2.51. The Morgan fingerprint density at radius 3 is 2.42 bits per heavy atom. The first-order chi connectivity index (χ1) is 9.31. The van der Waals surface area contributed by atoms with Crippen molar-refractivity contribution in [1.29, 1.82) is 0 Å². The summed E-state index contributed by atoms with van der Waals surface area (Å²) in [6, 6.07) is 6.14. The average molecular weight is 267 g/mol. The Labute approximate surface area is 116 Å². The van der Waals surface area contributed by atoms with Gasteiger partial charge in [-0.3, -0.25) is 0 Å². The van der Waals surface area contributed by atoms with E-state index < -0.39 is 0 Å². The molecule has 19 heavy (non-hydrogen) atoms. The van der Waals surface area contributed by atoms with Gasteiger partial charge in [0.2, 0.25) is 0 Å². The molecule has 0 saturated heterocycles. The summed E-state index contributed by atoms with van der Waals surface area (Å²) in [5.74, 6) is 1.65. The lowest BCUT2D eigenvalue weighted by Gasteiger charge is -2.12. The highest BCUT2D eigenvalue weighted by atomic mass is 16.5. The number of methoxy groups -OCH3 is 1. The van der Waals surface area contributed by atoms with Crippen LogP contribution in [-0.2, 0) is 11.2 Å². The Hall–Kier alpha value is -1.26. The fraction of sp³-hybridized carbons (Fsp3) is 0.600. The summed E-state index contributed by atoms with van der Waals surface area (Å²) in [4.78, 5) is 0. The second kappa shape index (κ2) is 9.64. The molecule has 0 spiro atoms. The van der Waals surface area contributed by atoms with Gasteiger partial charge in [0.1, 0.15) is 0 Å². The molecule has 0 amide bonds. The van der Waals surface area contributed by atoms with Gasteiger partial charge in [-0.2, -0.15) is 0 Å². The van der Waals surface area contributed by atoms with Crippen molar-refractivity contribution in [1.82, 2.24) is 5.32 Å². The third kappa shape index (κ3) is 5.94. The fourth-order valence-corrected chi connectivity index (χ4v) is 1.78. The van der Waals surface area contributed by atoms with Crippen LogP contribution in [0.5, 0.6) is 11.5 Å². The molecule has 0 heterocycles. The quantitative estimate of drug-likeness (QED) is 0.660. The summed E-state index contributed by atoms with van der Waals surface area (Å²) in [6.45, 7) is 7.81. The van der Waals surface area contributed by atoms with E-state index in [1.807, 2.05) is 19.9 Å². The van der Waals surface area contributed by atoms with E-state index in [0.717, 1.165) is 37.6 Å². The second-order valence-corrected chi connectivity index (χ2v) is 4.14. The van der Waals surface area contributed by atoms with Crippen molar-refractivity contribution < 1.29 is 14.2 Å². The second-order valence-electron chi connectivity index (χ2n) is 4.14. The largest absolute Gasteiger partial charge is 0.490 e. The van der Waals surface area contributed by atoms with Crippen LogP contribution in [0, 0.1) is 0 Å². The SMILES string of the molecule is CCOc1ccc(CCNCCOC)cc1OCC. The number of ether oxygens (including phenoxy) is 3. The number of hydrogen-bond acceptors (Lipinski definition) is 4. The molecular weight excluding hydrogens is 242 g/mol. The maximum Gasteiger partial charge on any atom is 0.161 e. The first-order valence-corrected chi connectivity index (χ1v) is 6.90. The fourth-order valence-electron chi connectivity index (χ4n) is 1.78. The molecule has 1 N–H and O–H groups in total. The maximum atomic E-state index is 5.61. The minimum absolute atomic E-state index is 0.648. The van der Waals surface area contributed by atoms with Crippen molar-refractivity contribution in [2.75, 3.05) is 40.0 Å². The highest BCUT2D eigenvalue weighted by Crippen LogP contribution is 2.28. The van der Waals surface area contributed by atoms with Crippen molar-refractivity contribution in [2.45, 2.75) is 20.3 Å². The third-order valence-corrected chi connectivity index (χ3v) is 2.68. The van der Waals surface area contributed by atoms with Crippen LogP contribution in [0.25, 0.3) is 0 Å². The Morgan fingerprint density at radius 2 is 1.74 bits per heavy atom. The molecule has 0 unspecified atom stereocenters. The van der Waals surface area contributed by atoms with Crippen LogP contribution in [-0.4, -0.2) is 40.0 Å². The zero-order valence-electron chi connectivity index (χ0n) is 12.2. The Bertz CT molecular complexity index is 355. The maximum absolute atomic E-state index is 5.61. The summed E-state index contributed by atoms with van der Waals surface area (Å²) in [5.41, 5.74) is 1.25. The molecule has 1 rings (SSSR count). The summed E-state index contributed by atoms with van der Waals surface area (Å²) < 4.78 is 16.1. The molecule has 0 aliphatic heterocycles. The van der Waals surface area contributed by atoms with E-state index in [-0.39, 0.29) is 0 Å². The normalized spacial score (nSPS) is 10.5. The minimum Gasteiger partial charge on any atom is -0.490 e.